The normalized spacial score (nSPS) is 11.8. The van der Waals surface area contributed by atoms with Crippen LogP contribution in [0, 0.1) is 0 Å². The number of aromatic nitrogens is 3. The third kappa shape index (κ3) is 3.72. The molecule has 3 rings (SSSR count). The Morgan fingerprint density at radius 2 is 1.84 bits per heavy atom. The lowest BCUT2D eigenvalue weighted by atomic mass is 10.3. The second-order valence-electron chi connectivity index (χ2n) is 5.40. The van der Waals surface area contributed by atoms with E-state index in [1.54, 1.807) is 6.07 Å². The van der Waals surface area contributed by atoms with E-state index in [0.29, 0.717) is 17.6 Å². The fourth-order valence-corrected chi connectivity index (χ4v) is 3.07. The number of benzene rings is 2. The van der Waals surface area contributed by atoms with Crippen LogP contribution in [0.15, 0.2) is 53.4 Å². The molecule has 8 nitrogen and oxygen atoms in total. The van der Waals surface area contributed by atoms with Crippen molar-refractivity contribution < 1.29 is 18.0 Å². The molecule has 0 radical (unpaired) electrons. The molecule has 25 heavy (non-hydrogen) atoms. The summed E-state index contributed by atoms with van der Waals surface area (Å²) in [6, 6.07) is 14.0. The Bertz CT molecular complexity index is 955. The van der Waals surface area contributed by atoms with Crippen molar-refractivity contribution in [1.29, 1.82) is 0 Å². The zero-order valence-corrected chi connectivity index (χ0v) is 14.7. The van der Waals surface area contributed by atoms with Gasteiger partial charge in [0.15, 0.2) is 6.61 Å². The highest BCUT2D eigenvalue weighted by molar-refractivity contribution is 7.89. The molecule has 0 atom stereocenters. The van der Waals surface area contributed by atoms with Crippen LogP contribution in [0.2, 0.25) is 0 Å². The SMILES string of the molecule is CN(C)S(=O)(=O)c1ccc2nnn(OCCOc3ccccc3)c2c1. The van der Waals surface area contributed by atoms with Crippen LogP contribution in [0.1, 0.15) is 0 Å². The van der Waals surface area contributed by atoms with Crippen LogP contribution in [-0.4, -0.2) is 55.2 Å². The molecular weight excluding hydrogens is 344 g/mol. The Morgan fingerprint density at radius 3 is 2.56 bits per heavy atom. The lowest BCUT2D eigenvalue weighted by Gasteiger charge is -2.11. The lowest BCUT2D eigenvalue weighted by molar-refractivity contribution is 0.0639. The average molecular weight is 362 g/mol. The lowest BCUT2D eigenvalue weighted by Crippen LogP contribution is -2.22. The van der Waals surface area contributed by atoms with E-state index in [9.17, 15) is 8.42 Å². The maximum absolute atomic E-state index is 12.2. The van der Waals surface area contributed by atoms with Crippen LogP contribution in [0.3, 0.4) is 0 Å². The average Bonchev–Trinajstić information content (AvgIpc) is 3.02. The van der Waals surface area contributed by atoms with Gasteiger partial charge in [-0.15, -0.1) is 5.10 Å². The van der Waals surface area contributed by atoms with Crippen LogP contribution in [0.5, 0.6) is 5.75 Å². The molecule has 1 heterocycles. The van der Waals surface area contributed by atoms with E-state index in [4.69, 9.17) is 9.57 Å². The molecule has 0 bridgehead atoms. The first kappa shape index (κ1) is 17.2. The number of sulfonamides is 1. The monoisotopic (exact) mass is 362 g/mol. The molecule has 0 aliphatic heterocycles. The zero-order valence-electron chi connectivity index (χ0n) is 13.9. The largest absolute Gasteiger partial charge is 0.490 e. The molecule has 0 amide bonds. The first-order chi connectivity index (χ1) is 12.0. The van der Waals surface area contributed by atoms with Crippen molar-refractivity contribution >= 4 is 21.1 Å². The second-order valence-corrected chi connectivity index (χ2v) is 7.55. The highest BCUT2D eigenvalue weighted by Crippen LogP contribution is 2.19. The van der Waals surface area contributed by atoms with Gasteiger partial charge in [-0.1, -0.05) is 23.0 Å². The van der Waals surface area contributed by atoms with E-state index in [1.807, 2.05) is 30.3 Å². The molecule has 9 heteroatoms. The summed E-state index contributed by atoms with van der Waals surface area (Å²) in [5.74, 6) is 0.744. The minimum atomic E-state index is -3.54. The maximum atomic E-state index is 12.2. The summed E-state index contributed by atoms with van der Waals surface area (Å²) in [7, 11) is -0.583. The number of para-hydroxylation sites is 1. The van der Waals surface area contributed by atoms with E-state index in [1.165, 1.54) is 31.1 Å². The summed E-state index contributed by atoms with van der Waals surface area (Å²) in [6.07, 6.45) is 0. The quantitative estimate of drug-likeness (QED) is 0.587. The predicted octanol–water partition coefficient (Wildman–Crippen LogP) is 1.19. The van der Waals surface area contributed by atoms with E-state index in [0.717, 1.165) is 10.1 Å². The van der Waals surface area contributed by atoms with Gasteiger partial charge in [-0.2, -0.15) is 0 Å². The van der Waals surface area contributed by atoms with E-state index >= 15 is 0 Å². The van der Waals surface area contributed by atoms with Crippen molar-refractivity contribution in [3.05, 3.63) is 48.5 Å². The number of nitrogens with zero attached hydrogens (tertiary/aromatic N) is 4. The van der Waals surface area contributed by atoms with Crippen molar-refractivity contribution in [2.75, 3.05) is 27.3 Å². The molecule has 0 fully saturated rings. The Hall–Kier alpha value is -2.65. The molecule has 132 valence electrons. The van der Waals surface area contributed by atoms with Crippen LogP contribution in [-0.2, 0) is 10.0 Å². The molecule has 0 unspecified atom stereocenters. The molecule has 1 aromatic heterocycles. The zero-order chi connectivity index (χ0) is 17.9. The standard InChI is InChI=1S/C16H18N4O4S/c1-19(2)25(21,22)14-8-9-15-16(12-14)20(18-17-15)24-11-10-23-13-6-4-3-5-7-13/h3-9,12H,10-11H2,1-2H3. The van der Waals surface area contributed by atoms with Gasteiger partial charge in [0.2, 0.25) is 10.0 Å². The molecular formula is C16H18N4O4S. The topological polar surface area (TPSA) is 86.6 Å². The van der Waals surface area contributed by atoms with Gasteiger partial charge in [-0.3, -0.25) is 0 Å². The highest BCUT2D eigenvalue weighted by Gasteiger charge is 2.19. The van der Waals surface area contributed by atoms with Gasteiger partial charge >= 0.3 is 0 Å². The van der Waals surface area contributed by atoms with Crippen molar-refractivity contribution in [2.24, 2.45) is 0 Å². The van der Waals surface area contributed by atoms with Gasteiger partial charge in [-0.05, 0) is 35.5 Å². The summed E-state index contributed by atoms with van der Waals surface area (Å²) in [6.45, 7) is 0.555. The molecule has 2 aromatic carbocycles. The summed E-state index contributed by atoms with van der Waals surface area (Å²) < 4.78 is 31.2. The van der Waals surface area contributed by atoms with Crippen molar-refractivity contribution in [3.63, 3.8) is 0 Å². The summed E-state index contributed by atoms with van der Waals surface area (Å²) in [4.78, 5) is 6.88. The number of hydrogen-bond acceptors (Lipinski definition) is 6. The summed E-state index contributed by atoms with van der Waals surface area (Å²) >= 11 is 0. The molecule has 0 saturated carbocycles. The van der Waals surface area contributed by atoms with Crippen LogP contribution >= 0.6 is 0 Å². The van der Waals surface area contributed by atoms with Gasteiger partial charge in [0.05, 0.1) is 4.90 Å². The molecule has 0 aliphatic rings. The van der Waals surface area contributed by atoms with E-state index in [2.05, 4.69) is 10.3 Å². The number of fused-ring (bicyclic) bond motifs is 1. The molecule has 3 aromatic rings. The fourth-order valence-electron chi connectivity index (χ4n) is 2.14. The Balaban J connectivity index is 1.71. The van der Waals surface area contributed by atoms with E-state index in [-0.39, 0.29) is 11.5 Å². The molecule has 0 aliphatic carbocycles. The van der Waals surface area contributed by atoms with Gasteiger partial charge in [-0.25, -0.2) is 12.7 Å². The fraction of sp³-hybridized carbons (Fsp3) is 0.250. The maximum Gasteiger partial charge on any atom is 0.242 e. The Morgan fingerprint density at radius 1 is 1.08 bits per heavy atom. The first-order valence-electron chi connectivity index (χ1n) is 7.57. The van der Waals surface area contributed by atoms with E-state index < -0.39 is 10.0 Å². The van der Waals surface area contributed by atoms with Crippen LogP contribution in [0.25, 0.3) is 11.0 Å². The van der Waals surface area contributed by atoms with Crippen molar-refractivity contribution in [3.8, 4) is 5.75 Å². The summed E-state index contributed by atoms with van der Waals surface area (Å²) in [5, 5.41) is 7.85. The van der Waals surface area contributed by atoms with Gasteiger partial charge in [0.1, 0.15) is 23.4 Å². The smallest absolute Gasteiger partial charge is 0.242 e. The van der Waals surface area contributed by atoms with Crippen molar-refractivity contribution in [1.82, 2.24) is 19.5 Å². The predicted molar refractivity (Wildman–Crippen MR) is 91.8 cm³/mol. The van der Waals surface area contributed by atoms with Crippen LogP contribution in [0.4, 0.5) is 0 Å². The Kier molecular flexibility index (Phi) is 4.86. The van der Waals surface area contributed by atoms with Gasteiger partial charge in [0.25, 0.3) is 0 Å². The van der Waals surface area contributed by atoms with Gasteiger partial charge in [0, 0.05) is 14.1 Å². The second kappa shape index (κ2) is 7.08. The minimum Gasteiger partial charge on any atom is -0.490 e. The first-order valence-corrected chi connectivity index (χ1v) is 9.01. The number of ether oxygens (including phenoxy) is 1. The molecule has 0 N–H and O–H groups in total. The molecule has 0 saturated heterocycles. The third-order valence-electron chi connectivity index (χ3n) is 3.47. The highest BCUT2D eigenvalue weighted by atomic mass is 32.2. The molecule has 0 spiro atoms. The minimum absolute atomic E-state index is 0.151. The Labute approximate surface area is 145 Å². The number of hydrogen-bond donors (Lipinski definition) is 0. The number of rotatable bonds is 7. The van der Waals surface area contributed by atoms with Gasteiger partial charge < -0.3 is 9.57 Å². The summed E-state index contributed by atoms with van der Waals surface area (Å²) in [5.41, 5.74) is 1.02. The third-order valence-corrected chi connectivity index (χ3v) is 5.29. The van der Waals surface area contributed by atoms with Crippen molar-refractivity contribution in [2.45, 2.75) is 4.90 Å². The van der Waals surface area contributed by atoms with Crippen LogP contribution < -0.4 is 9.57 Å².